The van der Waals surface area contributed by atoms with E-state index in [4.69, 9.17) is 0 Å². The minimum Gasteiger partial charge on any atom is -0.328 e. The highest BCUT2D eigenvalue weighted by molar-refractivity contribution is 9.10. The zero-order chi connectivity index (χ0) is 18.7. The average molecular weight is 414 g/mol. The third kappa shape index (κ3) is 3.85. The highest BCUT2D eigenvalue weighted by atomic mass is 79.9. The fraction of sp³-hybridized carbons (Fsp3) is 0.250. The van der Waals surface area contributed by atoms with Crippen LogP contribution in [0.3, 0.4) is 0 Å². The third-order valence-electron chi connectivity index (χ3n) is 4.44. The van der Waals surface area contributed by atoms with E-state index in [9.17, 15) is 9.59 Å². The molecule has 1 amide bonds. The summed E-state index contributed by atoms with van der Waals surface area (Å²) in [6.45, 7) is 4.28. The van der Waals surface area contributed by atoms with Gasteiger partial charge >= 0.3 is 0 Å². The van der Waals surface area contributed by atoms with Crippen molar-refractivity contribution in [3.05, 3.63) is 74.7 Å². The van der Waals surface area contributed by atoms with E-state index in [0.29, 0.717) is 22.3 Å². The number of halogens is 1. The molecule has 1 atom stereocenters. The van der Waals surface area contributed by atoms with Crippen LogP contribution < -0.4 is 5.56 Å². The number of benzene rings is 2. The fourth-order valence-electron chi connectivity index (χ4n) is 2.81. The van der Waals surface area contributed by atoms with Crippen molar-refractivity contribution in [1.82, 2.24) is 14.9 Å². The summed E-state index contributed by atoms with van der Waals surface area (Å²) in [4.78, 5) is 34.4. The molecule has 0 saturated carbocycles. The number of hydrogen-bond donors (Lipinski definition) is 1. The molecule has 0 fully saturated rings. The van der Waals surface area contributed by atoms with Gasteiger partial charge in [-0.15, -0.1) is 0 Å². The molecular formula is C20H20BrN3O2. The summed E-state index contributed by atoms with van der Waals surface area (Å²) in [7, 11) is 0. The normalized spacial score (nSPS) is 12.1. The number of amides is 1. The topological polar surface area (TPSA) is 66.1 Å². The predicted molar refractivity (Wildman–Crippen MR) is 106 cm³/mol. The molecule has 3 aromatic rings. The first-order valence-corrected chi connectivity index (χ1v) is 9.33. The Kier molecular flexibility index (Phi) is 5.52. The number of aromatic amines is 1. The summed E-state index contributed by atoms with van der Waals surface area (Å²) >= 11 is 3.41. The van der Waals surface area contributed by atoms with E-state index in [-0.39, 0.29) is 24.1 Å². The molecule has 26 heavy (non-hydrogen) atoms. The number of rotatable bonds is 5. The Labute approximate surface area is 160 Å². The van der Waals surface area contributed by atoms with Crippen LogP contribution in [0, 0.1) is 0 Å². The Bertz CT molecular complexity index is 1000. The fourth-order valence-corrected chi connectivity index (χ4v) is 3.21. The summed E-state index contributed by atoms with van der Waals surface area (Å²) < 4.78 is 0.852. The summed E-state index contributed by atoms with van der Waals surface area (Å²) in [5.41, 5.74) is 1.04. The number of H-pyrrole nitrogens is 1. The van der Waals surface area contributed by atoms with Crippen LogP contribution in [0.25, 0.3) is 10.9 Å². The van der Waals surface area contributed by atoms with Gasteiger partial charge in [0.15, 0.2) is 0 Å². The molecule has 1 N–H and O–H groups in total. The van der Waals surface area contributed by atoms with Gasteiger partial charge in [0.2, 0.25) is 0 Å². The lowest BCUT2D eigenvalue weighted by Crippen LogP contribution is -2.38. The molecular weight excluding hydrogens is 394 g/mol. The molecule has 134 valence electrons. The van der Waals surface area contributed by atoms with E-state index in [0.717, 1.165) is 10.9 Å². The molecule has 0 radical (unpaired) electrons. The van der Waals surface area contributed by atoms with Crippen LogP contribution in [0.2, 0.25) is 0 Å². The van der Waals surface area contributed by atoms with E-state index in [2.05, 4.69) is 25.9 Å². The summed E-state index contributed by atoms with van der Waals surface area (Å²) in [5.74, 6) is 0.397. The molecule has 0 bridgehead atoms. The van der Waals surface area contributed by atoms with E-state index in [1.807, 2.05) is 32.0 Å². The predicted octanol–water partition coefficient (Wildman–Crippen LogP) is 4.13. The lowest BCUT2D eigenvalue weighted by Gasteiger charge is -2.28. The molecule has 1 aromatic heterocycles. The van der Waals surface area contributed by atoms with Crippen LogP contribution in [-0.2, 0) is 6.54 Å². The van der Waals surface area contributed by atoms with Gasteiger partial charge in [0, 0.05) is 16.1 Å². The Balaban J connectivity index is 1.97. The maximum absolute atomic E-state index is 13.0. The Hall–Kier alpha value is -2.47. The minimum atomic E-state index is -0.190. The number of para-hydroxylation sites is 1. The first-order chi connectivity index (χ1) is 12.5. The largest absolute Gasteiger partial charge is 0.328 e. The molecule has 6 heteroatoms. The summed E-state index contributed by atoms with van der Waals surface area (Å²) in [6, 6.07) is 14.5. The first kappa shape index (κ1) is 18.3. The molecule has 1 heterocycles. The highest BCUT2D eigenvalue weighted by Crippen LogP contribution is 2.17. The van der Waals surface area contributed by atoms with Gasteiger partial charge in [-0.3, -0.25) is 9.59 Å². The molecule has 0 spiro atoms. The Morgan fingerprint density at radius 1 is 1.23 bits per heavy atom. The van der Waals surface area contributed by atoms with Crippen molar-refractivity contribution in [2.45, 2.75) is 32.9 Å². The number of carbonyl (C=O) groups is 1. The van der Waals surface area contributed by atoms with Crippen LogP contribution in [0.1, 0.15) is 36.5 Å². The molecule has 5 nitrogen and oxygen atoms in total. The number of aromatic nitrogens is 2. The van der Waals surface area contributed by atoms with Crippen molar-refractivity contribution in [1.29, 1.82) is 0 Å². The second kappa shape index (κ2) is 7.83. The van der Waals surface area contributed by atoms with Gasteiger partial charge in [-0.05, 0) is 43.7 Å². The van der Waals surface area contributed by atoms with Crippen LogP contribution in [0.4, 0.5) is 0 Å². The molecule has 0 aliphatic rings. The van der Waals surface area contributed by atoms with Crippen LogP contribution in [0.15, 0.2) is 57.8 Å². The Morgan fingerprint density at radius 2 is 2.00 bits per heavy atom. The van der Waals surface area contributed by atoms with Crippen molar-refractivity contribution < 1.29 is 4.79 Å². The SMILES string of the molecule is CC[C@@H](C)N(Cc1nc2ccccc2c(=O)[nH]1)C(=O)c1cccc(Br)c1. The van der Waals surface area contributed by atoms with E-state index in [1.165, 1.54) is 0 Å². The van der Waals surface area contributed by atoms with Gasteiger partial charge in [0.1, 0.15) is 5.82 Å². The van der Waals surface area contributed by atoms with Crippen molar-refractivity contribution in [3.8, 4) is 0 Å². The zero-order valence-electron chi connectivity index (χ0n) is 14.7. The smallest absolute Gasteiger partial charge is 0.258 e. The van der Waals surface area contributed by atoms with Crippen LogP contribution >= 0.6 is 15.9 Å². The van der Waals surface area contributed by atoms with Crippen LogP contribution in [0.5, 0.6) is 0 Å². The van der Waals surface area contributed by atoms with E-state index in [1.54, 1.807) is 35.2 Å². The summed E-state index contributed by atoms with van der Waals surface area (Å²) in [5, 5.41) is 0.546. The number of nitrogens with zero attached hydrogens (tertiary/aromatic N) is 2. The third-order valence-corrected chi connectivity index (χ3v) is 4.93. The lowest BCUT2D eigenvalue weighted by molar-refractivity contribution is 0.0666. The highest BCUT2D eigenvalue weighted by Gasteiger charge is 2.22. The number of nitrogens with one attached hydrogen (secondary N) is 1. The minimum absolute atomic E-state index is 0.0123. The maximum Gasteiger partial charge on any atom is 0.258 e. The number of hydrogen-bond acceptors (Lipinski definition) is 3. The number of fused-ring (bicyclic) bond motifs is 1. The van der Waals surface area contributed by atoms with E-state index < -0.39 is 0 Å². The molecule has 0 saturated heterocycles. The van der Waals surface area contributed by atoms with Gasteiger partial charge in [0.25, 0.3) is 11.5 Å². The van der Waals surface area contributed by atoms with Gasteiger partial charge in [0.05, 0.1) is 17.4 Å². The van der Waals surface area contributed by atoms with Gasteiger partial charge in [-0.2, -0.15) is 0 Å². The standard InChI is InChI=1S/C20H20BrN3O2/c1-3-13(2)24(20(26)14-7-6-8-15(21)11-14)12-18-22-17-10-5-4-9-16(17)19(25)23-18/h4-11,13H,3,12H2,1-2H3,(H,22,23,25)/t13-/m1/s1. The second-order valence-corrected chi connectivity index (χ2v) is 7.15. The second-order valence-electron chi connectivity index (χ2n) is 6.23. The van der Waals surface area contributed by atoms with Crippen molar-refractivity contribution in [2.75, 3.05) is 0 Å². The molecule has 0 aliphatic heterocycles. The average Bonchev–Trinajstić information content (AvgIpc) is 2.65. The molecule has 0 aliphatic carbocycles. The van der Waals surface area contributed by atoms with Gasteiger partial charge in [-0.25, -0.2) is 4.98 Å². The Morgan fingerprint density at radius 3 is 2.73 bits per heavy atom. The quantitative estimate of drug-likeness (QED) is 0.683. The monoisotopic (exact) mass is 413 g/mol. The molecule has 3 rings (SSSR count). The lowest BCUT2D eigenvalue weighted by atomic mass is 10.1. The molecule has 0 unspecified atom stereocenters. The van der Waals surface area contributed by atoms with Gasteiger partial charge in [-0.1, -0.05) is 41.1 Å². The van der Waals surface area contributed by atoms with Crippen LogP contribution in [-0.4, -0.2) is 26.8 Å². The van der Waals surface area contributed by atoms with Crippen molar-refractivity contribution in [2.24, 2.45) is 0 Å². The summed E-state index contributed by atoms with van der Waals surface area (Å²) in [6.07, 6.45) is 0.803. The zero-order valence-corrected chi connectivity index (χ0v) is 16.3. The number of carbonyl (C=O) groups excluding carboxylic acids is 1. The van der Waals surface area contributed by atoms with Gasteiger partial charge < -0.3 is 9.88 Å². The first-order valence-electron chi connectivity index (χ1n) is 8.54. The van der Waals surface area contributed by atoms with Crippen molar-refractivity contribution >= 4 is 32.7 Å². The molecule has 2 aromatic carbocycles. The maximum atomic E-state index is 13.0. The van der Waals surface area contributed by atoms with Crippen molar-refractivity contribution in [3.63, 3.8) is 0 Å². The van der Waals surface area contributed by atoms with E-state index >= 15 is 0 Å².